The van der Waals surface area contributed by atoms with Crippen molar-refractivity contribution in [2.24, 2.45) is 5.92 Å². The summed E-state index contributed by atoms with van der Waals surface area (Å²) in [6, 6.07) is 1.51. The molecule has 3 heteroatoms. The molecule has 0 radical (unpaired) electrons. The molecule has 156 valence electrons. The van der Waals surface area contributed by atoms with E-state index >= 15 is 0 Å². The van der Waals surface area contributed by atoms with Crippen LogP contribution in [0, 0.1) is 5.92 Å². The summed E-state index contributed by atoms with van der Waals surface area (Å²) in [7, 11) is 0. The Morgan fingerprint density at radius 3 is 1.93 bits per heavy atom. The van der Waals surface area contributed by atoms with Crippen molar-refractivity contribution in [3.05, 3.63) is 23.5 Å². The van der Waals surface area contributed by atoms with Gasteiger partial charge >= 0.3 is 0 Å². The van der Waals surface area contributed by atoms with Crippen molar-refractivity contribution in [1.82, 2.24) is 14.7 Å². The van der Waals surface area contributed by atoms with E-state index < -0.39 is 0 Å². The molecule has 3 nitrogen and oxygen atoms in total. The van der Waals surface area contributed by atoms with Crippen molar-refractivity contribution in [1.29, 1.82) is 0 Å². The smallest absolute Gasteiger partial charge is 0.0360 e. The summed E-state index contributed by atoms with van der Waals surface area (Å²) in [4.78, 5) is 8.05. The van der Waals surface area contributed by atoms with Crippen LogP contribution in [0.5, 0.6) is 0 Å². The van der Waals surface area contributed by atoms with Crippen LogP contribution < -0.4 is 0 Å². The van der Waals surface area contributed by atoms with Crippen LogP contribution in [0.4, 0.5) is 0 Å². The maximum atomic E-state index is 4.46. The molecule has 3 heterocycles. The van der Waals surface area contributed by atoms with Gasteiger partial charge in [-0.05, 0) is 77.6 Å². The number of piperidine rings is 2. The number of likely N-dealkylation sites (tertiary alicyclic amines) is 2. The minimum atomic E-state index is 0.584. The van der Waals surface area contributed by atoms with Gasteiger partial charge in [0.1, 0.15) is 0 Å². The zero-order valence-electron chi connectivity index (χ0n) is 19.1. The highest BCUT2D eigenvalue weighted by Crippen LogP contribution is 2.41. The first-order valence-electron chi connectivity index (χ1n) is 11.7. The topological polar surface area (TPSA) is 9.72 Å². The van der Waals surface area contributed by atoms with Crippen molar-refractivity contribution in [3.63, 3.8) is 0 Å². The van der Waals surface area contributed by atoms with E-state index in [1.807, 2.05) is 13.8 Å². The molecule has 3 aliphatic heterocycles. The van der Waals surface area contributed by atoms with E-state index in [0.29, 0.717) is 12.0 Å². The Bertz CT molecular complexity index is 494. The molecule has 0 aromatic rings. The molecule has 0 N–H and O–H groups in total. The molecule has 0 aromatic heterocycles. The fraction of sp³-hybridized carbons (Fsp3) is 0.833. The molecule has 0 amide bonds. The predicted octanol–water partition coefficient (Wildman–Crippen LogP) is 5.50. The fourth-order valence-corrected chi connectivity index (χ4v) is 5.46. The standard InChI is InChI=1S/C22H39N3.C2H6/c1-6-12-23-13-8-20(9-14-23)24-15-10-21(11-16-24)25-18(4)17(3)22(7-2)19(25)5;1-2/h20-22H,5-16H2,1-4H3;1-2H3. The monoisotopic (exact) mass is 375 g/mol. The first-order valence-corrected chi connectivity index (χ1v) is 11.7. The molecule has 0 aliphatic carbocycles. The van der Waals surface area contributed by atoms with Crippen LogP contribution in [-0.4, -0.2) is 59.5 Å². The zero-order chi connectivity index (χ0) is 20.0. The van der Waals surface area contributed by atoms with Crippen LogP contribution >= 0.6 is 0 Å². The maximum absolute atomic E-state index is 4.46. The molecule has 3 rings (SSSR count). The highest BCUT2D eigenvalue weighted by molar-refractivity contribution is 5.32. The molecule has 0 aromatic carbocycles. The minimum absolute atomic E-state index is 0.584. The highest BCUT2D eigenvalue weighted by atomic mass is 15.3. The van der Waals surface area contributed by atoms with Gasteiger partial charge in [-0.3, -0.25) is 0 Å². The van der Waals surface area contributed by atoms with E-state index in [4.69, 9.17) is 0 Å². The SMILES string of the molecule is C=C1C(CC)C(C)=C(C)N1C1CCN(C2CCN(CCC)CC2)CC1.CC. The summed E-state index contributed by atoms with van der Waals surface area (Å²) in [6.45, 7) is 24.1. The highest BCUT2D eigenvalue weighted by Gasteiger charge is 2.36. The summed E-state index contributed by atoms with van der Waals surface area (Å²) >= 11 is 0. The van der Waals surface area contributed by atoms with Crippen molar-refractivity contribution < 1.29 is 0 Å². The maximum Gasteiger partial charge on any atom is 0.0360 e. The Morgan fingerprint density at radius 1 is 0.889 bits per heavy atom. The van der Waals surface area contributed by atoms with Crippen LogP contribution in [0.1, 0.15) is 80.1 Å². The van der Waals surface area contributed by atoms with Gasteiger partial charge in [0, 0.05) is 42.5 Å². The van der Waals surface area contributed by atoms with Crippen LogP contribution in [0.25, 0.3) is 0 Å². The van der Waals surface area contributed by atoms with Crippen molar-refractivity contribution in [2.75, 3.05) is 32.7 Å². The molecule has 0 spiro atoms. The van der Waals surface area contributed by atoms with Crippen LogP contribution in [0.2, 0.25) is 0 Å². The van der Waals surface area contributed by atoms with Gasteiger partial charge in [0.15, 0.2) is 0 Å². The van der Waals surface area contributed by atoms with E-state index in [1.165, 1.54) is 82.6 Å². The Kier molecular flexibility index (Phi) is 8.88. The Labute approximate surface area is 169 Å². The number of hydrogen-bond donors (Lipinski definition) is 0. The van der Waals surface area contributed by atoms with Gasteiger partial charge in [0.05, 0.1) is 0 Å². The quantitative estimate of drug-likeness (QED) is 0.628. The van der Waals surface area contributed by atoms with Crippen molar-refractivity contribution in [3.8, 4) is 0 Å². The Morgan fingerprint density at radius 2 is 1.44 bits per heavy atom. The summed E-state index contributed by atoms with van der Waals surface area (Å²) in [5.74, 6) is 0.584. The van der Waals surface area contributed by atoms with E-state index in [-0.39, 0.29) is 0 Å². The van der Waals surface area contributed by atoms with Gasteiger partial charge in [-0.15, -0.1) is 0 Å². The largest absolute Gasteiger partial charge is 0.346 e. The molecule has 1 atom stereocenters. The van der Waals surface area contributed by atoms with E-state index in [2.05, 4.69) is 49.0 Å². The molecular formula is C24H45N3. The second-order valence-electron chi connectivity index (χ2n) is 8.43. The summed E-state index contributed by atoms with van der Waals surface area (Å²) in [5, 5.41) is 0. The lowest BCUT2D eigenvalue weighted by molar-refractivity contribution is 0.0703. The lowest BCUT2D eigenvalue weighted by Gasteiger charge is -2.44. The molecular weight excluding hydrogens is 330 g/mol. The summed E-state index contributed by atoms with van der Waals surface area (Å²) in [6.07, 6.45) is 7.83. The molecule has 2 saturated heterocycles. The fourth-order valence-electron chi connectivity index (χ4n) is 5.46. The normalized spacial score (nSPS) is 26.5. The van der Waals surface area contributed by atoms with Gasteiger partial charge in [0.25, 0.3) is 0 Å². The van der Waals surface area contributed by atoms with Gasteiger partial charge in [-0.25, -0.2) is 0 Å². The predicted molar refractivity (Wildman–Crippen MR) is 119 cm³/mol. The van der Waals surface area contributed by atoms with Gasteiger partial charge in [-0.2, -0.15) is 0 Å². The Hall–Kier alpha value is -0.800. The molecule has 0 saturated carbocycles. The van der Waals surface area contributed by atoms with Gasteiger partial charge in [0.2, 0.25) is 0 Å². The molecule has 2 fully saturated rings. The van der Waals surface area contributed by atoms with Crippen LogP contribution in [-0.2, 0) is 0 Å². The lowest BCUT2D eigenvalue weighted by Crippen LogP contribution is -2.50. The molecule has 3 aliphatic rings. The summed E-state index contributed by atoms with van der Waals surface area (Å²) in [5.41, 5.74) is 4.41. The minimum Gasteiger partial charge on any atom is -0.346 e. The third kappa shape index (κ3) is 4.98. The van der Waals surface area contributed by atoms with E-state index in [1.54, 1.807) is 5.57 Å². The lowest BCUT2D eigenvalue weighted by atomic mass is 9.95. The van der Waals surface area contributed by atoms with Crippen molar-refractivity contribution in [2.45, 2.75) is 92.2 Å². The van der Waals surface area contributed by atoms with Crippen LogP contribution in [0.15, 0.2) is 23.5 Å². The third-order valence-electron chi connectivity index (χ3n) is 7.05. The van der Waals surface area contributed by atoms with Gasteiger partial charge in [-0.1, -0.05) is 34.3 Å². The molecule has 0 bridgehead atoms. The Balaban J connectivity index is 0.00000126. The van der Waals surface area contributed by atoms with E-state index in [0.717, 1.165) is 6.04 Å². The number of nitrogens with zero attached hydrogens (tertiary/aromatic N) is 3. The molecule has 27 heavy (non-hydrogen) atoms. The number of rotatable bonds is 5. The van der Waals surface area contributed by atoms with Crippen LogP contribution in [0.3, 0.4) is 0 Å². The third-order valence-corrected chi connectivity index (χ3v) is 7.05. The first-order chi connectivity index (χ1) is 13.1. The average Bonchev–Trinajstić information content (AvgIpc) is 2.92. The average molecular weight is 376 g/mol. The van der Waals surface area contributed by atoms with E-state index in [9.17, 15) is 0 Å². The second-order valence-corrected chi connectivity index (χ2v) is 8.43. The summed E-state index contributed by atoms with van der Waals surface area (Å²) < 4.78 is 0. The van der Waals surface area contributed by atoms with Gasteiger partial charge < -0.3 is 14.7 Å². The first kappa shape index (κ1) is 22.5. The van der Waals surface area contributed by atoms with Crippen molar-refractivity contribution >= 4 is 0 Å². The molecule has 1 unspecified atom stereocenters. The second kappa shape index (κ2) is 10.7. The number of hydrogen-bond acceptors (Lipinski definition) is 3. The number of allylic oxidation sites excluding steroid dienone is 2. The zero-order valence-corrected chi connectivity index (χ0v) is 19.1.